The second kappa shape index (κ2) is 3.38. The van der Waals surface area contributed by atoms with Crippen LogP contribution in [0.2, 0.25) is 0 Å². The van der Waals surface area contributed by atoms with Gasteiger partial charge in [-0.05, 0) is 12.0 Å². The first-order valence-corrected chi connectivity index (χ1v) is 4.76. The third kappa shape index (κ3) is 1.37. The van der Waals surface area contributed by atoms with Gasteiger partial charge >= 0.3 is 0 Å². The maximum absolute atomic E-state index is 5.61. The number of fused-ring (bicyclic) bond motifs is 1. The zero-order chi connectivity index (χ0) is 10.1. The molecule has 14 heavy (non-hydrogen) atoms. The van der Waals surface area contributed by atoms with Crippen molar-refractivity contribution >= 4 is 5.65 Å². The van der Waals surface area contributed by atoms with Gasteiger partial charge in [-0.3, -0.25) is 0 Å². The van der Waals surface area contributed by atoms with E-state index in [2.05, 4.69) is 23.9 Å². The summed E-state index contributed by atoms with van der Waals surface area (Å²) in [4.78, 5) is 4.24. The molecule has 0 amide bonds. The van der Waals surface area contributed by atoms with Gasteiger partial charge in [0.15, 0.2) is 5.65 Å². The lowest BCUT2D eigenvalue weighted by atomic mass is 10.1. The quantitative estimate of drug-likeness (QED) is 0.776. The van der Waals surface area contributed by atoms with Crippen molar-refractivity contribution in [3.05, 3.63) is 29.7 Å². The molecular weight excluding hydrogens is 176 g/mol. The number of nitrogens with two attached hydrogens (primary N) is 1. The molecule has 0 bridgehead atoms. The van der Waals surface area contributed by atoms with Gasteiger partial charge in [0.05, 0.1) is 11.4 Å². The second-order valence-electron chi connectivity index (χ2n) is 3.63. The molecule has 0 saturated carbocycles. The molecule has 0 atom stereocenters. The zero-order valence-corrected chi connectivity index (χ0v) is 8.44. The monoisotopic (exact) mass is 190 g/mol. The maximum atomic E-state index is 5.61. The van der Waals surface area contributed by atoms with Crippen LogP contribution in [-0.4, -0.2) is 14.6 Å². The molecule has 2 aromatic rings. The summed E-state index contributed by atoms with van der Waals surface area (Å²) in [6, 6.07) is 3.90. The molecule has 4 heteroatoms. The van der Waals surface area contributed by atoms with E-state index in [0.717, 1.165) is 17.0 Å². The van der Waals surface area contributed by atoms with E-state index < -0.39 is 0 Å². The lowest BCUT2D eigenvalue weighted by Crippen LogP contribution is -2.05. The Morgan fingerprint density at radius 3 is 2.93 bits per heavy atom. The van der Waals surface area contributed by atoms with Crippen LogP contribution in [0.1, 0.15) is 31.2 Å². The smallest absolute Gasteiger partial charge is 0.155 e. The Morgan fingerprint density at radius 2 is 2.29 bits per heavy atom. The fraction of sp³-hybridized carbons (Fsp3) is 0.400. The van der Waals surface area contributed by atoms with Crippen molar-refractivity contribution in [1.82, 2.24) is 14.6 Å². The molecule has 0 unspecified atom stereocenters. The average molecular weight is 190 g/mol. The van der Waals surface area contributed by atoms with Gasteiger partial charge < -0.3 is 5.73 Å². The molecule has 0 aliphatic rings. The van der Waals surface area contributed by atoms with Crippen LogP contribution >= 0.6 is 0 Å². The Hall–Kier alpha value is -1.42. The summed E-state index contributed by atoms with van der Waals surface area (Å²) in [6.45, 7) is 4.71. The van der Waals surface area contributed by atoms with Gasteiger partial charge in [-0.25, -0.2) is 9.50 Å². The van der Waals surface area contributed by atoms with E-state index in [1.54, 1.807) is 6.20 Å². The van der Waals surface area contributed by atoms with Gasteiger partial charge in [0.1, 0.15) is 0 Å². The fourth-order valence-corrected chi connectivity index (χ4v) is 1.40. The van der Waals surface area contributed by atoms with Crippen LogP contribution in [0, 0.1) is 0 Å². The number of hydrogen-bond donors (Lipinski definition) is 1. The summed E-state index contributed by atoms with van der Waals surface area (Å²) in [6.07, 6.45) is 1.77. The van der Waals surface area contributed by atoms with E-state index in [4.69, 9.17) is 5.73 Å². The minimum absolute atomic E-state index is 0.419. The summed E-state index contributed by atoms with van der Waals surface area (Å²) in [5.41, 5.74) is 8.53. The van der Waals surface area contributed by atoms with Crippen LogP contribution in [-0.2, 0) is 6.54 Å². The molecule has 74 valence electrons. The number of nitrogens with zero attached hydrogens (tertiary/aromatic N) is 3. The topological polar surface area (TPSA) is 56.2 Å². The molecule has 2 N–H and O–H groups in total. The minimum atomic E-state index is 0.419. The normalized spacial score (nSPS) is 11.4. The Kier molecular flexibility index (Phi) is 2.21. The fourth-order valence-electron chi connectivity index (χ4n) is 1.40. The van der Waals surface area contributed by atoms with Crippen molar-refractivity contribution in [2.45, 2.75) is 26.3 Å². The maximum Gasteiger partial charge on any atom is 0.155 e. The number of aromatic nitrogens is 3. The molecule has 2 aromatic heterocycles. The predicted octanol–water partition coefficient (Wildman–Crippen LogP) is 1.31. The van der Waals surface area contributed by atoms with Crippen LogP contribution in [0.15, 0.2) is 18.3 Å². The lowest BCUT2D eigenvalue weighted by Gasteiger charge is -1.99. The molecule has 2 rings (SSSR count). The van der Waals surface area contributed by atoms with Crippen molar-refractivity contribution < 1.29 is 0 Å². The molecule has 0 aliphatic carbocycles. The van der Waals surface area contributed by atoms with Crippen LogP contribution in [0.25, 0.3) is 5.65 Å². The summed E-state index contributed by atoms with van der Waals surface area (Å²) in [5.74, 6) is 0.419. The molecule has 0 fully saturated rings. The highest BCUT2D eigenvalue weighted by molar-refractivity contribution is 5.40. The van der Waals surface area contributed by atoms with Crippen LogP contribution in [0.4, 0.5) is 0 Å². The first kappa shape index (κ1) is 9.15. The van der Waals surface area contributed by atoms with Crippen LogP contribution in [0.5, 0.6) is 0 Å². The van der Waals surface area contributed by atoms with Crippen molar-refractivity contribution in [2.75, 3.05) is 0 Å². The third-order valence-corrected chi connectivity index (χ3v) is 2.26. The van der Waals surface area contributed by atoms with Gasteiger partial charge in [0.2, 0.25) is 0 Å². The Labute approximate surface area is 82.8 Å². The Morgan fingerprint density at radius 1 is 1.50 bits per heavy atom. The number of rotatable bonds is 2. The van der Waals surface area contributed by atoms with E-state index in [9.17, 15) is 0 Å². The number of hydrogen-bond acceptors (Lipinski definition) is 3. The Balaban J connectivity index is 2.64. The highest BCUT2D eigenvalue weighted by Gasteiger charge is 2.07. The van der Waals surface area contributed by atoms with Gasteiger partial charge in [0.25, 0.3) is 0 Å². The molecular formula is C10H14N4. The van der Waals surface area contributed by atoms with E-state index in [-0.39, 0.29) is 0 Å². The van der Waals surface area contributed by atoms with Crippen molar-refractivity contribution in [3.63, 3.8) is 0 Å². The second-order valence-corrected chi connectivity index (χ2v) is 3.63. The molecule has 0 radical (unpaired) electrons. The predicted molar refractivity (Wildman–Crippen MR) is 55.0 cm³/mol. The molecule has 0 aliphatic heterocycles. The molecule has 0 aromatic carbocycles. The standard InChI is InChI=1S/C10H14N4/c1-7(2)9-5-10-12-4-3-8(6-11)14(10)13-9/h3-5,7H,6,11H2,1-2H3. The van der Waals surface area contributed by atoms with Crippen LogP contribution in [0.3, 0.4) is 0 Å². The van der Waals surface area contributed by atoms with E-state index in [1.165, 1.54) is 0 Å². The van der Waals surface area contributed by atoms with Crippen molar-refractivity contribution in [3.8, 4) is 0 Å². The largest absolute Gasteiger partial charge is 0.325 e. The van der Waals surface area contributed by atoms with E-state index >= 15 is 0 Å². The lowest BCUT2D eigenvalue weighted by molar-refractivity contribution is 0.760. The van der Waals surface area contributed by atoms with Crippen molar-refractivity contribution in [2.24, 2.45) is 5.73 Å². The highest BCUT2D eigenvalue weighted by Crippen LogP contribution is 2.14. The molecule has 0 spiro atoms. The summed E-state index contributed by atoms with van der Waals surface area (Å²) < 4.78 is 1.81. The average Bonchev–Trinajstić information content (AvgIpc) is 2.60. The SMILES string of the molecule is CC(C)c1cc2nccc(CN)n2n1. The van der Waals surface area contributed by atoms with Crippen molar-refractivity contribution in [1.29, 1.82) is 0 Å². The zero-order valence-electron chi connectivity index (χ0n) is 8.44. The first-order valence-electron chi connectivity index (χ1n) is 4.76. The molecule has 4 nitrogen and oxygen atoms in total. The van der Waals surface area contributed by atoms with Crippen LogP contribution < -0.4 is 5.73 Å². The first-order chi connectivity index (χ1) is 6.72. The van der Waals surface area contributed by atoms with Gasteiger partial charge in [0, 0.05) is 18.8 Å². The van der Waals surface area contributed by atoms with E-state index in [1.807, 2.05) is 16.6 Å². The van der Waals surface area contributed by atoms with Gasteiger partial charge in [-0.15, -0.1) is 0 Å². The van der Waals surface area contributed by atoms with Gasteiger partial charge in [-0.2, -0.15) is 5.10 Å². The highest BCUT2D eigenvalue weighted by atomic mass is 15.3. The molecule has 0 saturated heterocycles. The summed E-state index contributed by atoms with van der Waals surface area (Å²) in [7, 11) is 0. The molecule has 2 heterocycles. The summed E-state index contributed by atoms with van der Waals surface area (Å²) in [5, 5.41) is 4.46. The van der Waals surface area contributed by atoms with E-state index in [0.29, 0.717) is 12.5 Å². The third-order valence-electron chi connectivity index (χ3n) is 2.26. The van der Waals surface area contributed by atoms with Gasteiger partial charge in [-0.1, -0.05) is 13.8 Å². The Bertz CT molecular complexity index is 444. The summed E-state index contributed by atoms with van der Waals surface area (Å²) >= 11 is 0. The minimum Gasteiger partial charge on any atom is -0.325 e.